The van der Waals surface area contributed by atoms with Gasteiger partial charge in [0.15, 0.2) is 11.1 Å². The van der Waals surface area contributed by atoms with Crippen molar-refractivity contribution in [2.24, 2.45) is 11.8 Å². The number of carbonyl (C=O) groups excluding carboxylic acids is 2. The van der Waals surface area contributed by atoms with Crippen molar-refractivity contribution in [1.82, 2.24) is 19.9 Å². The van der Waals surface area contributed by atoms with Crippen LogP contribution in [-0.2, 0) is 27.4 Å². The molecule has 1 N–H and O–H groups in total. The lowest BCUT2D eigenvalue weighted by atomic mass is 10.2. The smallest absolute Gasteiger partial charge is 0.434 e. The van der Waals surface area contributed by atoms with Crippen LogP contribution in [0.2, 0.25) is 0 Å². The summed E-state index contributed by atoms with van der Waals surface area (Å²) in [7, 11) is 0. The summed E-state index contributed by atoms with van der Waals surface area (Å²) < 4.78 is 14.3. The Morgan fingerprint density at radius 3 is 1.46 bits per heavy atom. The van der Waals surface area contributed by atoms with Crippen LogP contribution in [0.15, 0.2) is 0 Å². The van der Waals surface area contributed by atoms with E-state index in [-0.39, 0.29) is 25.0 Å². The Hall–Kier alpha value is -2.27. The molecule has 0 saturated carbocycles. The van der Waals surface area contributed by atoms with E-state index in [1.807, 2.05) is 69.2 Å². The molecule has 39 heavy (non-hydrogen) atoms. The van der Waals surface area contributed by atoms with Gasteiger partial charge in [-0.3, -0.25) is 19.9 Å². The van der Waals surface area contributed by atoms with E-state index in [0.29, 0.717) is 11.4 Å². The topological polar surface area (TPSA) is 134 Å². The van der Waals surface area contributed by atoms with Crippen LogP contribution < -0.4 is 0 Å². The molecule has 0 aliphatic rings. The third-order valence-corrected chi connectivity index (χ3v) is 6.37. The van der Waals surface area contributed by atoms with E-state index < -0.39 is 22.7 Å². The van der Waals surface area contributed by atoms with Crippen molar-refractivity contribution >= 4 is 46.4 Å². The Kier molecular flexibility index (Phi) is 17.1. The van der Waals surface area contributed by atoms with Crippen LogP contribution in [0.5, 0.6) is 0 Å². The van der Waals surface area contributed by atoms with Crippen molar-refractivity contribution in [2.45, 2.75) is 93.6 Å². The van der Waals surface area contributed by atoms with Gasteiger partial charge < -0.3 is 19.3 Å². The van der Waals surface area contributed by atoms with Gasteiger partial charge in [0, 0.05) is 23.4 Å². The average molecular weight is 610 g/mol. The van der Waals surface area contributed by atoms with E-state index in [2.05, 4.69) is 24.7 Å². The zero-order valence-corrected chi connectivity index (χ0v) is 26.4. The highest BCUT2D eigenvalue weighted by Crippen LogP contribution is 2.14. The summed E-state index contributed by atoms with van der Waals surface area (Å²) in [5.41, 5.74) is 4.18. The first kappa shape index (κ1) is 36.7. The number of carbonyl (C=O) groups is 2. The molecule has 0 fully saturated rings. The molecule has 2 atom stereocenters. The van der Waals surface area contributed by atoms with E-state index in [1.54, 1.807) is 0 Å². The minimum Gasteiger partial charge on any atom is -0.434 e. The molecule has 2 unspecified atom stereocenters. The number of alkyl halides is 2. The third kappa shape index (κ3) is 14.6. The summed E-state index contributed by atoms with van der Waals surface area (Å²) in [6.45, 7) is 18.6. The van der Waals surface area contributed by atoms with Gasteiger partial charge in [0.25, 0.3) is 0 Å². The van der Waals surface area contributed by atoms with E-state index in [9.17, 15) is 9.59 Å². The molecule has 0 bridgehead atoms. The monoisotopic (exact) mass is 608 g/mol. The molecule has 0 saturated heterocycles. The minimum absolute atomic E-state index is 0.0253. The van der Waals surface area contributed by atoms with Crippen LogP contribution in [0.3, 0.4) is 0 Å². The number of nitrogens with zero attached hydrogens (tertiary/aromatic N) is 4. The number of aryl methyl sites for hydroxylation is 6. The van der Waals surface area contributed by atoms with Crippen molar-refractivity contribution in [3.8, 4) is 0 Å². The van der Waals surface area contributed by atoms with Crippen molar-refractivity contribution in [2.75, 3.05) is 0 Å². The first-order chi connectivity index (χ1) is 18.0. The van der Waals surface area contributed by atoms with Gasteiger partial charge in [0.05, 0.1) is 52.2 Å². The maximum absolute atomic E-state index is 11.4. The maximum atomic E-state index is 11.4. The Balaban J connectivity index is 0.000000612. The Labute approximate surface area is 245 Å². The van der Waals surface area contributed by atoms with E-state index in [0.717, 1.165) is 34.2 Å². The van der Waals surface area contributed by atoms with Gasteiger partial charge in [0.1, 0.15) is 6.61 Å². The van der Waals surface area contributed by atoms with Crippen LogP contribution >= 0.6 is 34.8 Å². The molecule has 2 aromatic rings. The molecular weight excluding hydrogens is 571 g/mol. The van der Waals surface area contributed by atoms with Crippen LogP contribution in [0.4, 0.5) is 9.59 Å². The van der Waals surface area contributed by atoms with Crippen LogP contribution in [0.25, 0.3) is 0 Å². The predicted octanol–water partition coefficient (Wildman–Crippen LogP) is 6.75. The highest BCUT2D eigenvalue weighted by atomic mass is 35.5. The summed E-state index contributed by atoms with van der Waals surface area (Å²) in [4.78, 5) is 38.5. The van der Waals surface area contributed by atoms with Crippen molar-refractivity contribution < 1.29 is 28.9 Å². The molecule has 220 valence electrons. The molecular formula is C26H39Cl3N4O6. The Morgan fingerprint density at radius 2 is 1.08 bits per heavy atom. The predicted molar refractivity (Wildman–Crippen MR) is 151 cm³/mol. The van der Waals surface area contributed by atoms with Crippen LogP contribution in [0.1, 0.15) is 73.2 Å². The molecule has 10 nitrogen and oxygen atoms in total. The van der Waals surface area contributed by atoms with Gasteiger partial charge in [-0.2, -0.15) is 0 Å². The number of hydrogen-bond acceptors (Lipinski definition) is 10. The number of halogens is 3. The summed E-state index contributed by atoms with van der Waals surface area (Å²) in [6.07, 6.45) is -0.798. The fourth-order valence-electron chi connectivity index (χ4n) is 2.42. The number of aromatic nitrogens is 4. The lowest BCUT2D eigenvalue weighted by Gasteiger charge is -2.14. The normalized spacial score (nSPS) is 12.0. The molecule has 0 aliphatic heterocycles. The lowest BCUT2D eigenvalue weighted by Crippen LogP contribution is -2.19. The molecule has 0 aromatic carbocycles. The zero-order valence-electron chi connectivity index (χ0n) is 24.1. The third-order valence-electron chi connectivity index (χ3n) is 5.10. The molecule has 0 spiro atoms. The van der Waals surface area contributed by atoms with Crippen LogP contribution in [-0.4, -0.2) is 47.8 Å². The van der Waals surface area contributed by atoms with Gasteiger partial charge in [0.2, 0.25) is 0 Å². The average Bonchev–Trinajstić information content (AvgIpc) is 2.83. The van der Waals surface area contributed by atoms with Crippen molar-refractivity contribution in [3.05, 3.63) is 45.6 Å². The Morgan fingerprint density at radius 1 is 0.692 bits per heavy atom. The SMILES string of the molecule is CC(C)C(Cl)OC(=O)Cl.Cc1nc(C)c(CO)nc1C.Cc1nc(C)c(COC(=O)OC(Cl)C(C)C)nc1C. The number of ether oxygens (including phenoxy) is 3. The number of aliphatic hydroxyl groups is 1. The summed E-state index contributed by atoms with van der Waals surface area (Å²) in [6, 6.07) is 0. The standard InChI is InChI=1S/C13H19ClN2O3.C8H12N2O.C5H8Cl2O2/c1-7(2)12(14)19-13(17)18-6-11-10(5)15-8(3)9(4)16-11;1-5-6(2)10-8(4-11)7(3)9-5;1-3(2)4(6)9-5(7)8/h7,12H,6H2,1-5H3;11H,4H2,1-3H3;3-4H,1-2H3. The highest BCUT2D eigenvalue weighted by Gasteiger charge is 2.17. The molecule has 0 amide bonds. The molecule has 2 heterocycles. The van der Waals surface area contributed by atoms with E-state index in [4.69, 9.17) is 49.4 Å². The fourth-order valence-corrected chi connectivity index (χ4v) is 2.72. The van der Waals surface area contributed by atoms with Crippen molar-refractivity contribution in [1.29, 1.82) is 0 Å². The second-order valence-corrected chi connectivity index (χ2v) is 10.4. The number of hydrogen-bond donors (Lipinski definition) is 1. The van der Waals surface area contributed by atoms with Crippen LogP contribution in [0, 0.1) is 53.4 Å². The largest absolute Gasteiger partial charge is 0.510 e. The van der Waals surface area contributed by atoms with Gasteiger partial charge in [-0.25, -0.2) is 9.59 Å². The zero-order chi connectivity index (χ0) is 30.4. The number of rotatable bonds is 7. The van der Waals surface area contributed by atoms with E-state index in [1.165, 1.54) is 0 Å². The summed E-state index contributed by atoms with van der Waals surface area (Å²) in [5.74, 6) is 0.117. The first-order valence-electron chi connectivity index (χ1n) is 12.2. The molecule has 0 radical (unpaired) electrons. The fraction of sp³-hybridized carbons (Fsp3) is 0.615. The lowest BCUT2D eigenvalue weighted by molar-refractivity contribution is 0.0294. The van der Waals surface area contributed by atoms with Gasteiger partial charge in [-0.1, -0.05) is 50.9 Å². The number of aliphatic hydroxyl groups excluding tert-OH is 1. The summed E-state index contributed by atoms with van der Waals surface area (Å²) >= 11 is 16.2. The second-order valence-electron chi connectivity index (χ2n) is 9.21. The second kappa shape index (κ2) is 18.1. The van der Waals surface area contributed by atoms with Crippen molar-refractivity contribution in [3.63, 3.8) is 0 Å². The Bertz CT molecular complexity index is 1090. The maximum Gasteiger partial charge on any atom is 0.510 e. The first-order valence-corrected chi connectivity index (χ1v) is 13.4. The highest BCUT2D eigenvalue weighted by molar-refractivity contribution is 6.61. The molecule has 13 heteroatoms. The van der Waals surface area contributed by atoms with E-state index >= 15 is 0 Å². The van der Waals surface area contributed by atoms with Gasteiger partial charge in [-0.15, -0.1) is 0 Å². The molecule has 2 aromatic heterocycles. The molecule has 0 aliphatic carbocycles. The minimum atomic E-state index is -0.858. The van der Waals surface area contributed by atoms with Gasteiger partial charge in [-0.05, 0) is 41.5 Å². The van der Waals surface area contributed by atoms with Gasteiger partial charge >= 0.3 is 11.6 Å². The molecule has 2 rings (SSSR count). The quantitative estimate of drug-likeness (QED) is 0.204. The summed E-state index contributed by atoms with van der Waals surface area (Å²) in [5, 5.41) is 8.83.